The van der Waals surface area contributed by atoms with E-state index in [9.17, 15) is 0 Å². The molecule has 0 aromatic heterocycles. The maximum atomic E-state index is 6.69. The van der Waals surface area contributed by atoms with Gasteiger partial charge in [-0.1, -0.05) is 110 Å². The minimum absolute atomic E-state index is 0.911. The zero-order valence-corrected chi connectivity index (χ0v) is 21.5. The van der Waals surface area contributed by atoms with E-state index in [1.54, 1.807) is 0 Å². The minimum atomic E-state index is 0.911. The van der Waals surface area contributed by atoms with Gasteiger partial charge in [-0.3, -0.25) is 0 Å². The van der Waals surface area contributed by atoms with Gasteiger partial charge < -0.3 is 9.64 Å². The number of hydrogen-bond acceptors (Lipinski definition) is 2. The normalized spacial score (nSPS) is 12.3. The van der Waals surface area contributed by atoms with E-state index in [0.717, 1.165) is 42.3 Å². The Bertz CT molecular complexity index is 1660. The van der Waals surface area contributed by atoms with Crippen molar-refractivity contribution < 1.29 is 4.74 Å². The SMILES string of the molecule is CCCCN1c2ccc(-c3cccc4ccccc34)cc2Oc2cc(-c3cccc4ccccc34)ccc21. The van der Waals surface area contributed by atoms with Crippen LogP contribution >= 0.6 is 0 Å². The van der Waals surface area contributed by atoms with Crippen LogP contribution in [0.5, 0.6) is 11.5 Å². The molecular formula is C36H29NO. The summed E-state index contributed by atoms with van der Waals surface area (Å²) in [4.78, 5) is 2.43. The van der Waals surface area contributed by atoms with E-state index in [2.05, 4.69) is 133 Å². The Labute approximate surface area is 223 Å². The molecule has 0 amide bonds. The van der Waals surface area contributed by atoms with Gasteiger partial charge in [-0.2, -0.15) is 0 Å². The number of ether oxygens (including phenoxy) is 1. The summed E-state index contributed by atoms with van der Waals surface area (Å²) in [5.41, 5.74) is 7.06. The third kappa shape index (κ3) is 3.81. The lowest BCUT2D eigenvalue weighted by atomic mass is 9.96. The summed E-state index contributed by atoms with van der Waals surface area (Å²) in [5, 5.41) is 5.01. The maximum Gasteiger partial charge on any atom is 0.151 e. The van der Waals surface area contributed by atoms with Crippen molar-refractivity contribution in [3.05, 3.63) is 121 Å². The van der Waals surface area contributed by atoms with Crippen molar-refractivity contribution in [1.82, 2.24) is 0 Å². The summed E-state index contributed by atoms with van der Waals surface area (Å²) in [7, 11) is 0. The molecule has 0 fully saturated rings. The van der Waals surface area contributed by atoms with E-state index >= 15 is 0 Å². The molecular weight excluding hydrogens is 462 g/mol. The van der Waals surface area contributed by atoms with Crippen LogP contribution in [0.25, 0.3) is 43.8 Å². The van der Waals surface area contributed by atoms with Gasteiger partial charge in [-0.05, 0) is 74.5 Å². The smallest absolute Gasteiger partial charge is 0.151 e. The van der Waals surface area contributed by atoms with Crippen molar-refractivity contribution in [3.8, 4) is 33.8 Å². The molecule has 0 bridgehead atoms. The zero-order valence-electron chi connectivity index (χ0n) is 21.5. The van der Waals surface area contributed by atoms with E-state index in [4.69, 9.17) is 4.74 Å². The standard InChI is InChI=1S/C36H29NO/c1-2-3-22-37-33-20-18-27(31-16-8-12-25-10-4-6-14-29(25)31)23-35(33)38-36-24-28(19-21-34(36)37)32-17-9-13-26-11-5-7-15-30(26)32/h4-21,23-24H,2-3,22H2,1H3. The molecule has 0 saturated carbocycles. The molecule has 1 aliphatic heterocycles. The van der Waals surface area contributed by atoms with Crippen LogP contribution in [0.4, 0.5) is 11.4 Å². The fourth-order valence-corrected chi connectivity index (χ4v) is 5.73. The Morgan fingerprint density at radius 1 is 0.553 bits per heavy atom. The Morgan fingerprint density at radius 2 is 1.05 bits per heavy atom. The van der Waals surface area contributed by atoms with Gasteiger partial charge in [-0.25, -0.2) is 0 Å². The molecule has 2 nitrogen and oxygen atoms in total. The molecule has 1 heterocycles. The first-order valence-electron chi connectivity index (χ1n) is 13.5. The maximum absolute atomic E-state index is 6.69. The average Bonchev–Trinajstić information content (AvgIpc) is 2.98. The molecule has 0 saturated heterocycles. The van der Waals surface area contributed by atoms with Crippen molar-refractivity contribution in [2.45, 2.75) is 19.8 Å². The molecule has 6 aromatic carbocycles. The highest BCUT2D eigenvalue weighted by atomic mass is 16.5. The summed E-state index contributed by atoms with van der Waals surface area (Å²) >= 11 is 0. The van der Waals surface area contributed by atoms with Crippen LogP contribution in [0.2, 0.25) is 0 Å². The molecule has 2 heteroatoms. The zero-order chi connectivity index (χ0) is 25.5. The summed E-state index contributed by atoms with van der Waals surface area (Å²) in [5.74, 6) is 1.82. The van der Waals surface area contributed by atoms with Gasteiger partial charge in [0.05, 0.1) is 11.4 Å². The van der Waals surface area contributed by atoms with Crippen LogP contribution in [0, 0.1) is 0 Å². The monoisotopic (exact) mass is 491 g/mol. The molecule has 0 aliphatic carbocycles. The largest absolute Gasteiger partial charge is 0.453 e. The lowest BCUT2D eigenvalue weighted by Gasteiger charge is -2.33. The van der Waals surface area contributed by atoms with Gasteiger partial charge >= 0.3 is 0 Å². The molecule has 0 radical (unpaired) electrons. The van der Waals surface area contributed by atoms with Gasteiger partial charge in [0.1, 0.15) is 0 Å². The fourth-order valence-electron chi connectivity index (χ4n) is 5.73. The van der Waals surface area contributed by atoms with Gasteiger partial charge in [0.25, 0.3) is 0 Å². The van der Waals surface area contributed by atoms with Crippen molar-refractivity contribution in [1.29, 1.82) is 0 Å². The molecule has 184 valence electrons. The third-order valence-electron chi connectivity index (χ3n) is 7.66. The van der Waals surface area contributed by atoms with Crippen LogP contribution in [0.1, 0.15) is 19.8 Å². The average molecular weight is 492 g/mol. The van der Waals surface area contributed by atoms with Crippen molar-refractivity contribution in [3.63, 3.8) is 0 Å². The van der Waals surface area contributed by atoms with E-state index in [1.165, 1.54) is 43.8 Å². The molecule has 0 atom stereocenters. The van der Waals surface area contributed by atoms with Crippen LogP contribution in [-0.4, -0.2) is 6.54 Å². The van der Waals surface area contributed by atoms with Crippen molar-refractivity contribution >= 4 is 32.9 Å². The molecule has 1 aliphatic rings. The summed E-state index contributed by atoms with van der Waals surface area (Å²) in [6.45, 7) is 3.20. The number of hydrogen-bond donors (Lipinski definition) is 0. The lowest BCUT2D eigenvalue weighted by molar-refractivity contribution is 0.473. The summed E-state index contributed by atoms with van der Waals surface area (Å²) in [6, 6.07) is 43.5. The van der Waals surface area contributed by atoms with E-state index < -0.39 is 0 Å². The Morgan fingerprint density at radius 3 is 1.58 bits per heavy atom. The lowest BCUT2D eigenvalue weighted by Crippen LogP contribution is -2.22. The number of nitrogens with zero attached hydrogens (tertiary/aromatic N) is 1. The molecule has 38 heavy (non-hydrogen) atoms. The van der Waals surface area contributed by atoms with E-state index in [-0.39, 0.29) is 0 Å². The first kappa shape index (κ1) is 22.6. The Hall–Kier alpha value is -4.56. The Kier molecular flexibility index (Phi) is 5.59. The topological polar surface area (TPSA) is 12.5 Å². The molecule has 0 unspecified atom stereocenters. The minimum Gasteiger partial charge on any atom is -0.453 e. The van der Waals surface area contributed by atoms with Gasteiger partial charge in [0.2, 0.25) is 0 Å². The van der Waals surface area contributed by atoms with Gasteiger partial charge in [-0.15, -0.1) is 0 Å². The van der Waals surface area contributed by atoms with Crippen LogP contribution in [0.3, 0.4) is 0 Å². The highest BCUT2D eigenvalue weighted by molar-refractivity contribution is 5.99. The second kappa shape index (κ2) is 9.39. The molecule has 6 aromatic rings. The van der Waals surface area contributed by atoms with E-state index in [0.29, 0.717) is 0 Å². The number of unbranched alkanes of at least 4 members (excludes halogenated alkanes) is 1. The number of fused-ring (bicyclic) bond motifs is 4. The van der Waals surface area contributed by atoms with E-state index in [1.807, 2.05) is 0 Å². The molecule has 0 N–H and O–H groups in total. The van der Waals surface area contributed by atoms with Crippen LogP contribution in [0.15, 0.2) is 121 Å². The first-order valence-corrected chi connectivity index (χ1v) is 13.5. The fraction of sp³-hybridized carbons (Fsp3) is 0.111. The van der Waals surface area contributed by atoms with Gasteiger partial charge in [0.15, 0.2) is 11.5 Å². The number of benzene rings is 6. The second-order valence-electron chi connectivity index (χ2n) is 10.0. The predicted molar refractivity (Wildman–Crippen MR) is 161 cm³/mol. The molecule has 0 spiro atoms. The summed E-state index contributed by atoms with van der Waals surface area (Å²) < 4.78 is 6.69. The van der Waals surface area contributed by atoms with Crippen LogP contribution < -0.4 is 9.64 Å². The molecule has 7 rings (SSSR count). The number of anilines is 2. The number of rotatable bonds is 5. The highest BCUT2D eigenvalue weighted by Gasteiger charge is 2.25. The van der Waals surface area contributed by atoms with Crippen molar-refractivity contribution in [2.75, 3.05) is 11.4 Å². The summed E-state index contributed by atoms with van der Waals surface area (Å²) in [6.07, 6.45) is 2.26. The predicted octanol–water partition coefficient (Wildman–Crippen LogP) is 10.4. The second-order valence-corrected chi connectivity index (χ2v) is 10.0. The van der Waals surface area contributed by atoms with Crippen LogP contribution in [-0.2, 0) is 0 Å². The highest BCUT2D eigenvalue weighted by Crippen LogP contribution is 2.49. The third-order valence-corrected chi connectivity index (χ3v) is 7.66. The Balaban J connectivity index is 1.35. The quantitative estimate of drug-likeness (QED) is 0.238. The van der Waals surface area contributed by atoms with Gasteiger partial charge in [0, 0.05) is 6.54 Å². The first-order chi connectivity index (χ1) is 18.8. The van der Waals surface area contributed by atoms with Crippen molar-refractivity contribution in [2.24, 2.45) is 0 Å².